The number of hydrogen-bond acceptors (Lipinski definition) is 2. The third-order valence-corrected chi connectivity index (χ3v) is 3.85. The van der Waals surface area contributed by atoms with Crippen LogP contribution in [0, 0.1) is 16.8 Å². The first-order valence-corrected chi connectivity index (χ1v) is 7.04. The molecule has 0 bridgehead atoms. The van der Waals surface area contributed by atoms with E-state index < -0.39 is 11.6 Å². The van der Waals surface area contributed by atoms with Crippen LogP contribution >= 0.6 is 0 Å². The van der Waals surface area contributed by atoms with Crippen LogP contribution in [0.5, 0.6) is 0 Å². The molecular weight excluding hydrogens is 300 g/mol. The normalized spacial score (nSPS) is 13.5. The van der Waals surface area contributed by atoms with Crippen molar-refractivity contribution in [2.45, 2.75) is 6.54 Å². The van der Waals surface area contributed by atoms with Crippen molar-refractivity contribution in [1.82, 2.24) is 9.55 Å². The highest BCUT2D eigenvalue weighted by atomic mass is 19.1. The molecule has 0 radical (unpaired) electrons. The summed E-state index contributed by atoms with van der Waals surface area (Å²) in [5.41, 5.74) is 1.17. The van der Waals surface area contributed by atoms with Gasteiger partial charge in [-0.15, -0.1) is 0 Å². The average Bonchev–Trinajstić information content (AvgIpc) is 2.94. The summed E-state index contributed by atoms with van der Waals surface area (Å²) in [6.45, 7) is -0.0486. The van der Waals surface area contributed by atoms with Gasteiger partial charge in [0.15, 0.2) is 5.82 Å². The number of nitrogens with zero attached hydrogens (tertiary/aromatic N) is 3. The van der Waals surface area contributed by atoms with E-state index in [2.05, 4.69) is 4.98 Å². The number of aromatic nitrogens is 2. The second-order valence-electron chi connectivity index (χ2n) is 5.24. The van der Waals surface area contributed by atoms with Gasteiger partial charge in [-0.2, -0.15) is 4.74 Å². The third-order valence-electron chi connectivity index (χ3n) is 3.85. The van der Waals surface area contributed by atoms with Gasteiger partial charge in [-0.1, -0.05) is 12.1 Å². The van der Waals surface area contributed by atoms with E-state index in [0.717, 1.165) is 0 Å². The number of hydrogen-bond donors (Lipinski definition) is 0. The van der Waals surface area contributed by atoms with Crippen LogP contribution in [0.4, 0.5) is 8.78 Å². The van der Waals surface area contributed by atoms with Crippen LogP contribution in [-0.2, 0) is 6.54 Å². The Morgan fingerprint density at radius 3 is 2.74 bits per heavy atom. The van der Waals surface area contributed by atoms with Crippen molar-refractivity contribution in [3.05, 3.63) is 88.7 Å². The minimum atomic E-state index is -0.530. The zero-order chi connectivity index (χ0) is 16.0. The van der Waals surface area contributed by atoms with Gasteiger partial charge < -0.3 is 5.21 Å². The summed E-state index contributed by atoms with van der Waals surface area (Å²) in [5, 5.41) is 12.6. The maximum absolute atomic E-state index is 14.2. The lowest BCUT2D eigenvalue weighted by Crippen LogP contribution is -2.19. The molecule has 0 N–H and O–H groups in total. The lowest BCUT2D eigenvalue weighted by atomic mass is 9.99. The molecular formula is C17H11F2N3O. The van der Waals surface area contributed by atoms with Crippen LogP contribution in [0.1, 0.15) is 17.0 Å². The molecule has 0 aliphatic carbocycles. The minimum Gasteiger partial charge on any atom is -0.623 e. The van der Waals surface area contributed by atoms with Crippen LogP contribution in [0.25, 0.3) is 5.69 Å². The number of halogens is 2. The van der Waals surface area contributed by atoms with Crippen molar-refractivity contribution >= 4 is 5.71 Å². The Hall–Kier alpha value is -3.02. The van der Waals surface area contributed by atoms with Gasteiger partial charge in [-0.3, -0.25) is 4.57 Å². The topological polar surface area (TPSA) is 43.9 Å². The summed E-state index contributed by atoms with van der Waals surface area (Å²) in [4.78, 5) is 4.16. The fraction of sp³-hybridized carbons (Fsp3) is 0.0588. The SMILES string of the molecule is [O-][N+]1=C(c2ccccc2F)c2cc(F)ccc2-n2ccnc2C1. The molecule has 4 nitrogen and oxygen atoms in total. The van der Waals surface area contributed by atoms with E-state index in [1.807, 2.05) is 0 Å². The molecule has 0 saturated carbocycles. The molecule has 1 aliphatic rings. The second kappa shape index (κ2) is 5.01. The van der Waals surface area contributed by atoms with E-state index in [-0.39, 0.29) is 17.8 Å². The summed E-state index contributed by atoms with van der Waals surface area (Å²) >= 11 is 0. The largest absolute Gasteiger partial charge is 0.623 e. The quantitative estimate of drug-likeness (QED) is 0.512. The Morgan fingerprint density at radius 2 is 1.91 bits per heavy atom. The molecule has 2 heterocycles. The van der Waals surface area contributed by atoms with Crippen molar-refractivity contribution in [3.8, 4) is 5.69 Å². The molecule has 114 valence electrons. The van der Waals surface area contributed by atoms with Crippen molar-refractivity contribution in [1.29, 1.82) is 0 Å². The van der Waals surface area contributed by atoms with Gasteiger partial charge in [0.25, 0.3) is 0 Å². The van der Waals surface area contributed by atoms with Crippen LogP contribution in [-0.4, -0.2) is 20.0 Å². The Labute approximate surface area is 130 Å². The average molecular weight is 311 g/mol. The molecule has 0 unspecified atom stereocenters. The van der Waals surface area contributed by atoms with E-state index in [1.54, 1.807) is 35.2 Å². The molecule has 0 atom stereocenters. The number of hydroxylamine groups is 1. The summed E-state index contributed by atoms with van der Waals surface area (Å²) in [6, 6.07) is 10.1. The Balaban J connectivity index is 2.07. The van der Waals surface area contributed by atoms with E-state index in [0.29, 0.717) is 21.8 Å². The van der Waals surface area contributed by atoms with E-state index >= 15 is 0 Å². The molecule has 1 aromatic heterocycles. The predicted octanol–water partition coefficient (Wildman–Crippen LogP) is 3.01. The van der Waals surface area contributed by atoms with Gasteiger partial charge in [-0.05, 0) is 30.3 Å². The van der Waals surface area contributed by atoms with Crippen molar-refractivity contribution in [2.24, 2.45) is 0 Å². The van der Waals surface area contributed by atoms with E-state index in [4.69, 9.17) is 0 Å². The molecule has 0 spiro atoms. The van der Waals surface area contributed by atoms with Crippen LogP contribution in [0.3, 0.4) is 0 Å². The standard InChI is InChI=1S/C17H11F2N3O/c18-11-5-6-15-13(9-11)17(12-3-1-2-4-14(12)19)22(23)10-16-20-7-8-21(15)16/h1-9H,10H2. The van der Waals surface area contributed by atoms with Crippen molar-refractivity contribution in [3.63, 3.8) is 0 Å². The number of imidazole rings is 1. The molecule has 0 amide bonds. The maximum atomic E-state index is 14.2. The van der Waals surface area contributed by atoms with Crippen LogP contribution in [0.15, 0.2) is 54.9 Å². The molecule has 3 aromatic rings. The first kappa shape index (κ1) is 13.6. The zero-order valence-corrected chi connectivity index (χ0v) is 11.9. The van der Waals surface area contributed by atoms with Crippen LogP contribution in [0.2, 0.25) is 0 Å². The van der Waals surface area contributed by atoms with E-state index in [9.17, 15) is 14.0 Å². The Kier molecular flexibility index (Phi) is 2.97. The van der Waals surface area contributed by atoms with Gasteiger partial charge in [0, 0.05) is 12.4 Å². The maximum Gasteiger partial charge on any atom is 0.231 e. The fourth-order valence-electron chi connectivity index (χ4n) is 2.85. The minimum absolute atomic E-state index is 0.0486. The Bertz CT molecular complexity index is 947. The second-order valence-corrected chi connectivity index (χ2v) is 5.24. The third kappa shape index (κ3) is 2.11. The first-order chi connectivity index (χ1) is 11.1. The van der Waals surface area contributed by atoms with E-state index in [1.165, 1.54) is 24.3 Å². The highest BCUT2D eigenvalue weighted by molar-refractivity contribution is 6.12. The van der Waals surface area contributed by atoms with Gasteiger partial charge in [-0.25, -0.2) is 13.8 Å². The smallest absolute Gasteiger partial charge is 0.231 e. The molecule has 2 aromatic carbocycles. The summed E-state index contributed by atoms with van der Waals surface area (Å²) in [5.74, 6) is -0.508. The lowest BCUT2D eigenvalue weighted by molar-refractivity contribution is -0.475. The van der Waals surface area contributed by atoms with Gasteiger partial charge in [0.05, 0.1) is 16.8 Å². The zero-order valence-electron chi connectivity index (χ0n) is 11.9. The molecule has 1 aliphatic heterocycles. The fourth-order valence-corrected chi connectivity index (χ4v) is 2.85. The van der Waals surface area contributed by atoms with Crippen LogP contribution < -0.4 is 0 Å². The van der Waals surface area contributed by atoms with Gasteiger partial charge in [0.1, 0.15) is 11.6 Å². The number of benzene rings is 2. The number of fused-ring (bicyclic) bond motifs is 3. The highest BCUT2D eigenvalue weighted by Gasteiger charge is 2.28. The molecule has 6 heteroatoms. The monoisotopic (exact) mass is 311 g/mol. The lowest BCUT2D eigenvalue weighted by Gasteiger charge is -2.11. The molecule has 4 rings (SSSR count). The summed E-state index contributed by atoms with van der Waals surface area (Å²) in [7, 11) is 0. The number of rotatable bonds is 1. The summed E-state index contributed by atoms with van der Waals surface area (Å²) < 4.78 is 30.4. The predicted molar refractivity (Wildman–Crippen MR) is 80.5 cm³/mol. The molecule has 23 heavy (non-hydrogen) atoms. The van der Waals surface area contributed by atoms with Crippen molar-refractivity contribution < 1.29 is 13.5 Å². The summed E-state index contributed by atoms with van der Waals surface area (Å²) in [6.07, 6.45) is 3.27. The van der Waals surface area contributed by atoms with Gasteiger partial charge in [0.2, 0.25) is 12.3 Å². The first-order valence-electron chi connectivity index (χ1n) is 7.04. The van der Waals surface area contributed by atoms with Gasteiger partial charge >= 0.3 is 0 Å². The Morgan fingerprint density at radius 1 is 1.09 bits per heavy atom. The molecule has 0 saturated heterocycles. The molecule has 0 fully saturated rings. The highest BCUT2D eigenvalue weighted by Crippen LogP contribution is 2.26. The van der Waals surface area contributed by atoms with Crippen molar-refractivity contribution in [2.75, 3.05) is 0 Å².